The van der Waals surface area contributed by atoms with Crippen molar-refractivity contribution in [3.8, 4) is 17.6 Å². The second kappa shape index (κ2) is 9.95. The second-order valence-corrected chi connectivity index (χ2v) is 8.60. The molecule has 1 amide bonds. The molecule has 0 spiro atoms. The van der Waals surface area contributed by atoms with Gasteiger partial charge in [0, 0.05) is 18.5 Å². The molecule has 4 rings (SSSR count). The van der Waals surface area contributed by atoms with E-state index < -0.39 is 30.2 Å². The number of benzene rings is 2. The maximum Gasteiger partial charge on any atom is 0.342 e. The summed E-state index contributed by atoms with van der Waals surface area (Å²) >= 11 is 0. The summed E-state index contributed by atoms with van der Waals surface area (Å²) in [5.41, 5.74) is 0.703. The fourth-order valence-corrected chi connectivity index (χ4v) is 4.45. The minimum absolute atomic E-state index is 0.0436. The van der Waals surface area contributed by atoms with Gasteiger partial charge in [-0.15, -0.1) is 0 Å². The van der Waals surface area contributed by atoms with Gasteiger partial charge in [-0.05, 0) is 42.8 Å². The third-order valence-electron chi connectivity index (χ3n) is 6.56. The van der Waals surface area contributed by atoms with Gasteiger partial charge in [-0.1, -0.05) is 12.1 Å². The van der Waals surface area contributed by atoms with Crippen molar-refractivity contribution in [1.29, 1.82) is 5.26 Å². The molecule has 2 aromatic carbocycles. The van der Waals surface area contributed by atoms with Gasteiger partial charge in [0.05, 0.1) is 25.3 Å². The summed E-state index contributed by atoms with van der Waals surface area (Å²) in [6, 6.07) is 13.1. The smallest absolute Gasteiger partial charge is 0.342 e. The van der Waals surface area contributed by atoms with E-state index in [-0.39, 0.29) is 36.3 Å². The van der Waals surface area contributed by atoms with Crippen molar-refractivity contribution in [3.63, 3.8) is 0 Å². The predicted octanol–water partition coefficient (Wildman–Crippen LogP) is 4.35. The number of amides is 1. The molecule has 7 nitrogen and oxygen atoms in total. The number of halogens is 4. The number of alkyl halides is 4. The summed E-state index contributed by atoms with van der Waals surface area (Å²) in [4.78, 5) is 14.8. The van der Waals surface area contributed by atoms with Crippen LogP contribution in [-0.4, -0.2) is 62.4 Å². The van der Waals surface area contributed by atoms with Gasteiger partial charge in [0.1, 0.15) is 18.5 Å². The van der Waals surface area contributed by atoms with Gasteiger partial charge >= 0.3 is 12.3 Å². The molecule has 36 heavy (non-hydrogen) atoms. The minimum Gasteiger partial charge on any atom is -0.493 e. The van der Waals surface area contributed by atoms with E-state index in [4.69, 9.17) is 18.9 Å². The van der Waals surface area contributed by atoms with Crippen LogP contribution in [-0.2, 0) is 15.1 Å². The molecule has 0 aromatic heterocycles. The average Bonchev–Trinajstić information content (AvgIpc) is 3.32. The topological polar surface area (TPSA) is 81.0 Å². The summed E-state index contributed by atoms with van der Waals surface area (Å²) in [6.07, 6.45) is -6.06. The van der Waals surface area contributed by atoms with Gasteiger partial charge < -0.3 is 23.8 Å². The van der Waals surface area contributed by atoms with E-state index in [1.165, 1.54) is 25.3 Å². The Morgan fingerprint density at radius 3 is 2.72 bits per heavy atom. The highest BCUT2D eigenvalue weighted by Gasteiger charge is 2.51. The van der Waals surface area contributed by atoms with Crippen LogP contribution in [0.1, 0.15) is 34.8 Å². The van der Waals surface area contributed by atoms with Crippen LogP contribution in [0.4, 0.5) is 17.6 Å². The average molecular weight is 508 g/mol. The molecule has 11 heteroatoms. The Bertz CT molecular complexity index is 1170. The SMILES string of the molecule is COc1cc(C(=O)N2CC[C@]3(c4cccc(C#N)c4)OCOC3C2)ccc1OC(C)C(F)(F)C(F)F. The fraction of sp³-hybridized carbons (Fsp3) is 0.440. The van der Waals surface area contributed by atoms with Crippen molar-refractivity contribution >= 4 is 5.91 Å². The highest BCUT2D eigenvalue weighted by molar-refractivity contribution is 5.95. The molecule has 2 heterocycles. The number of piperidine rings is 1. The van der Waals surface area contributed by atoms with Gasteiger partial charge in [0.2, 0.25) is 0 Å². The number of likely N-dealkylation sites (tertiary alicyclic amines) is 1. The second-order valence-electron chi connectivity index (χ2n) is 8.60. The molecule has 0 radical (unpaired) electrons. The van der Waals surface area contributed by atoms with Gasteiger partial charge in [-0.3, -0.25) is 4.79 Å². The van der Waals surface area contributed by atoms with Crippen molar-refractivity contribution in [3.05, 3.63) is 59.2 Å². The fourth-order valence-electron chi connectivity index (χ4n) is 4.45. The van der Waals surface area contributed by atoms with Crippen molar-refractivity contribution in [2.24, 2.45) is 0 Å². The quantitative estimate of drug-likeness (QED) is 0.518. The Morgan fingerprint density at radius 2 is 2.03 bits per heavy atom. The van der Waals surface area contributed by atoms with Gasteiger partial charge in [-0.2, -0.15) is 14.0 Å². The summed E-state index contributed by atoms with van der Waals surface area (Å²) < 4.78 is 74.5. The summed E-state index contributed by atoms with van der Waals surface area (Å²) in [5, 5.41) is 9.25. The molecular weight excluding hydrogens is 484 g/mol. The zero-order chi connectivity index (χ0) is 26.1. The predicted molar refractivity (Wildman–Crippen MR) is 118 cm³/mol. The molecule has 192 valence electrons. The zero-order valence-corrected chi connectivity index (χ0v) is 19.5. The Labute approximate surface area is 205 Å². The first-order valence-corrected chi connectivity index (χ1v) is 11.2. The summed E-state index contributed by atoms with van der Waals surface area (Å²) in [7, 11) is 1.25. The standard InChI is InChI=1S/C25H24F4N2O5/c1-15(25(28,29)23(26)27)36-19-7-6-17(11-20(19)33-2)22(32)31-9-8-24(21(13-31)34-14-35-24)18-5-3-4-16(10-18)12-30/h3-7,10-11,15,21,23H,8-9,13-14H2,1-2H3/t15?,21?,24-/m1/s1. The summed E-state index contributed by atoms with van der Waals surface area (Å²) in [6.45, 7) is 1.42. The Hall–Kier alpha value is -3.36. The molecule has 2 fully saturated rings. The van der Waals surface area contributed by atoms with E-state index in [1.807, 2.05) is 6.07 Å². The van der Waals surface area contributed by atoms with E-state index in [1.54, 1.807) is 23.1 Å². The maximum atomic E-state index is 13.6. The molecule has 0 aliphatic carbocycles. The lowest BCUT2D eigenvalue weighted by atomic mass is 9.81. The molecular formula is C25H24F4N2O5. The number of methoxy groups -OCH3 is 1. The summed E-state index contributed by atoms with van der Waals surface area (Å²) in [5.74, 6) is -4.96. The van der Waals surface area contributed by atoms with Crippen LogP contribution in [0.3, 0.4) is 0 Å². The monoisotopic (exact) mass is 508 g/mol. The number of nitrogens with zero attached hydrogens (tertiary/aromatic N) is 2. The number of hydrogen-bond donors (Lipinski definition) is 0. The zero-order valence-electron chi connectivity index (χ0n) is 19.5. The minimum atomic E-state index is -4.37. The molecule has 0 N–H and O–H groups in total. The Kier molecular flexibility index (Phi) is 7.11. The van der Waals surface area contributed by atoms with Crippen molar-refractivity contribution in [1.82, 2.24) is 4.90 Å². The van der Waals surface area contributed by atoms with Crippen LogP contribution in [0.25, 0.3) is 0 Å². The lowest BCUT2D eigenvalue weighted by Crippen LogP contribution is -2.53. The lowest BCUT2D eigenvalue weighted by molar-refractivity contribution is -0.178. The first-order valence-electron chi connectivity index (χ1n) is 11.2. The molecule has 2 aliphatic rings. The van der Waals surface area contributed by atoms with E-state index >= 15 is 0 Å². The van der Waals surface area contributed by atoms with E-state index in [0.29, 0.717) is 18.5 Å². The third kappa shape index (κ3) is 4.58. The van der Waals surface area contributed by atoms with E-state index in [0.717, 1.165) is 12.5 Å². The normalized spacial score (nSPS) is 22.6. The number of ether oxygens (including phenoxy) is 4. The van der Waals surface area contributed by atoms with Crippen molar-refractivity contribution in [2.45, 2.75) is 43.5 Å². The van der Waals surface area contributed by atoms with Crippen LogP contribution in [0.2, 0.25) is 0 Å². The van der Waals surface area contributed by atoms with Crippen LogP contribution in [0, 0.1) is 11.3 Å². The van der Waals surface area contributed by atoms with Crippen LogP contribution >= 0.6 is 0 Å². The van der Waals surface area contributed by atoms with E-state index in [2.05, 4.69) is 6.07 Å². The van der Waals surface area contributed by atoms with E-state index in [9.17, 15) is 27.6 Å². The Balaban J connectivity index is 1.51. The number of hydrogen-bond acceptors (Lipinski definition) is 6. The first kappa shape index (κ1) is 25.7. The Morgan fingerprint density at radius 1 is 1.25 bits per heavy atom. The number of rotatable bonds is 7. The molecule has 0 saturated carbocycles. The highest BCUT2D eigenvalue weighted by Crippen LogP contribution is 2.43. The number of nitriles is 1. The number of carbonyl (C=O) groups is 1. The molecule has 2 aromatic rings. The molecule has 0 bridgehead atoms. The number of fused-ring (bicyclic) bond motifs is 1. The van der Waals surface area contributed by atoms with Crippen LogP contribution in [0.15, 0.2) is 42.5 Å². The lowest BCUT2D eigenvalue weighted by Gasteiger charge is -2.42. The first-order chi connectivity index (χ1) is 17.1. The third-order valence-corrected chi connectivity index (χ3v) is 6.56. The molecule has 2 unspecified atom stereocenters. The largest absolute Gasteiger partial charge is 0.493 e. The van der Waals surface area contributed by atoms with Crippen LogP contribution < -0.4 is 9.47 Å². The van der Waals surface area contributed by atoms with Crippen molar-refractivity contribution in [2.75, 3.05) is 27.0 Å². The maximum absolute atomic E-state index is 13.6. The van der Waals surface area contributed by atoms with Crippen LogP contribution in [0.5, 0.6) is 11.5 Å². The molecule has 2 saturated heterocycles. The van der Waals surface area contributed by atoms with Gasteiger partial charge in [0.15, 0.2) is 17.6 Å². The number of carbonyl (C=O) groups excluding carboxylic acids is 1. The molecule has 2 aliphatic heterocycles. The highest BCUT2D eigenvalue weighted by atomic mass is 19.3. The molecule has 3 atom stereocenters. The van der Waals surface area contributed by atoms with Gasteiger partial charge in [-0.25, -0.2) is 8.78 Å². The van der Waals surface area contributed by atoms with Crippen molar-refractivity contribution < 1.29 is 41.3 Å². The van der Waals surface area contributed by atoms with Gasteiger partial charge in [0.25, 0.3) is 5.91 Å².